The topological polar surface area (TPSA) is 97.4 Å². The van der Waals surface area contributed by atoms with Gasteiger partial charge in [-0.25, -0.2) is 0 Å². The maximum atomic E-state index is 12.1. The van der Waals surface area contributed by atoms with Crippen molar-refractivity contribution in [2.75, 3.05) is 40.4 Å². The summed E-state index contributed by atoms with van der Waals surface area (Å²) in [6.45, 7) is 0.710. The first-order valence-corrected chi connectivity index (χ1v) is 6.84. The van der Waals surface area contributed by atoms with E-state index in [4.69, 9.17) is 15.3 Å². The maximum Gasteiger partial charge on any atom is 0.281 e. The zero-order chi connectivity index (χ0) is 14.0. The number of hydrogen-bond donors (Lipinski definition) is 0. The van der Waals surface area contributed by atoms with Gasteiger partial charge in [-0.15, -0.1) is 0 Å². The standard InChI is InChI=1S/C10H18N4O3S/c1-13(7-3-5-11)18(15,16)14(8-4-6-12)9-10-17-2/h3-4,7-10H2,1-2H3. The molecule has 0 aromatic carbocycles. The van der Waals surface area contributed by atoms with Gasteiger partial charge in [-0.2, -0.15) is 27.6 Å². The molecule has 0 N–H and O–H groups in total. The first kappa shape index (κ1) is 16.8. The Hall–Kier alpha value is -1.19. The second-order valence-electron chi connectivity index (χ2n) is 3.54. The maximum absolute atomic E-state index is 12.1. The lowest BCUT2D eigenvalue weighted by atomic mass is 10.4. The molecule has 0 saturated carbocycles. The Balaban J connectivity index is 4.73. The Morgan fingerprint density at radius 2 is 1.67 bits per heavy atom. The number of nitrogens with zero attached hydrogens (tertiary/aromatic N) is 4. The van der Waals surface area contributed by atoms with Crippen LogP contribution < -0.4 is 0 Å². The van der Waals surface area contributed by atoms with E-state index in [-0.39, 0.29) is 39.1 Å². The zero-order valence-electron chi connectivity index (χ0n) is 10.7. The lowest BCUT2D eigenvalue weighted by Gasteiger charge is -2.26. The van der Waals surface area contributed by atoms with Crippen molar-refractivity contribution in [2.45, 2.75) is 12.8 Å². The summed E-state index contributed by atoms with van der Waals surface area (Å²) in [5.41, 5.74) is 0. The van der Waals surface area contributed by atoms with E-state index in [1.807, 2.05) is 12.1 Å². The van der Waals surface area contributed by atoms with E-state index in [0.29, 0.717) is 0 Å². The predicted octanol–water partition coefficient (Wildman–Crippen LogP) is -0.0612. The zero-order valence-corrected chi connectivity index (χ0v) is 11.5. The highest BCUT2D eigenvalue weighted by molar-refractivity contribution is 7.86. The van der Waals surface area contributed by atoms with Crippen LogP contribution in [0.25, 0.3) is 0 Å². The van der Waals surface area contributed by atoms with Gasteiger partial charge in [-0.1, -0.05) is 0 Å². The third kappa shape index (κ3) is 5.43. The number of hydrogen-bond acceptors (Lipinski definition) is 5. The fraction of sp³-hybridized carbons (Fsp3) is 0.800. The van der Waals surface area contributed by atoms with Crippen LogP contribution in [0.1, 0.15) is 12.8 Å². The van der Waals surface area contributed by atoms with Gasteiger partial charge in [0.2, 0.25) is 0 Å². The van der Waals surface area contributed by atoms with Gasteiger partial charge in [0.15, 0.2) is 0 Å². The quantitative estimate of drug-likeness (QED) is 0.586. The van der Waals surface area contributed by atoms with Gasteiger partial charge < -0.3 is 4.74 Å². The molecule has 0 rings (SSSR count). The molecule has 0 amide bonds. The molecule has 0 aromatic heterocycles. The van der Waals surface area contributed by atoms with E-state index in [9.17, 15) is 8.42 Å². The molecule has 0 aliphatic rings. The van der Waals surface area contributed by atoms with Gasteiger partial charge in [-0.05, 0) is 0 Å². The molecule has 8 heteroatoms. The third-order valence-corrected chi connectivity index (χ3v) is 4.26. The molecule has 0 spiro atoms. The third-order valence-electron chi connectivity index (χ3n) is 2.28. The van der Waals surface area contributed by atoms with Gasteiger partial charge in [0.1, 0.15) is 0 Å². The Kier molecular flexibility index (Phi) is 8.25. The van der Waals surface area contributed by atoms with Gasteiger partial charge in [0, 0.05) is 46.6 Å². The Morgan fingerprint density at radius 3 is 2.17 bits per heavy atom. The summed E-state index contributed by atoms with van der Waals surface area (Å²) < 4.78 is 31.4. The van der Waals surface area contributed by atoms with Crippen LogP contribution in [0.5, 0.6) is 0 Å². The van der Waals surface area contributed by atoms with E-state index in [2.05, 4.69) is 0 Å². The average Bonchev–Trinajstić information content (AvgIpc) is 2.35. The molecular formula is C10H18N4O3S. The van der Waals surface area contributed by atoms with Crippen LogP contribution in [0.3, 0.4) is 0 Å². The smallest absolute Gasteiger partial charge is 0.281 e. The van der Waals surface area contributed by atoms with Gasteiger partial charge in [-0.3, -0.25) is 0 Å². The van der Waals surface area contributed by atoms with E-state index in [1.165, 1.54) is 18.5 Å². The molecule has 7 nitrogen and oxygen atoms in total. The minimum atomic E-state index is -3.63. The summed E-state index contributed by atoms with van der Waals surface area (Å²) in [5.74, 6) is 0. The van der Waals surface area contributed by atoms with Crippen molar-refractivity contribution >= 4 is 10.2 Å². The van der Waals surface area contributed by atoms with Crippen LogP contribution in [-0.4, -0.2) is 57.4 Å². The summed E-state index contributed by atoms with van der Waals surface area (Å²) in [6, 6.07) is 3.81. The van der Waals surface area contributed by atoms with Crippen LogP contribution in [0.15, 0.2) is 0 Å². The first-order valence-electron chi connectivity index (χ1n) is 5.45. The van der Waals surface area contributed by atoms with Crippen molar-refractivity contribution in [3.8, 4) is 12.1 Å². The summed E-state index contributed by atoms with van der Waals surface area (Å²) in [4.78, 5) is 0. The summed E-state index contributed by atoms with van der Waals surface area (Å²) in [7, 11) is -0.737. The first-order chi connectivity index (χ1) is 8.50. The normalized spacial score (nSPS) is 11.4. The van der Waals surface area contributed by atoms with E-state index in [1.54, 1.807) is 0 Å². The Labute approximate surface area is 108 Å². The molecule has 0 radical (unpaired) electrons. The highest BCUT2D eigenvalue weighted by atomic mass is 32.2. The highest BCUT2D eigenvalue weighted by Gasteiger charge is 2.25. The monoisotopic (exact) mass is 274 g/mol. The number of nitriles is 2. The lowest BCUT2D eigenvalue weighted by molar-refractivity contribution is 0.177. The van der Waals surface area contributed by atoms with E-state index < -0.39 is 10.2 Å². The molecule has 0 heterocycles. The summed E-state index contributed by atoms with van der Waals surface area (Å²) >= 11 is 0. The van der Waals surface area contributed by atoms with Crippen molar-refractivity contribution in [3.05, 3.63) is 0 Å². The highest BCUT2D eigenvalue weighted by Crippen LogP contribution is 2.07. The van der Waals surface area contributed by atoms with Gasteiger partial charge in [0.05, 0.1) is 18.7 Å². The van der Waals surface area contributed by atoms with Crippen molar-refractivity contribution in [1.82, 2.24) is 8.61 Å². The molecule has 102 valence electrons. The van der Waals surface area contributed by atoms with Gasteiger partial charge in [0.25, 0.3) is 10.2 Å². The fourth-order valence-electron chi connectivity index (χ4n) is 1.23. The van der Waals surface area contributed by atoms with Crippen molar-refractivity contribution in [3.63, 3.8) is 0 Å². The predicted molar refractivity (Wildman–Crippen MR) is 65.5 cm³/mol. The summed E-state index contributed by atoms with van der Waals surface area (Å²) in [6.07, 6.45) is 0.251. The second-order valence-corrected chi connectivity index (χ2v) is 5.57. The molecule has 0 fully saturated rings. The molecule has 0 aromatic rings. The lowest BCUT2D eigenvalue weighted by Crippen LogP contribution is -2.44. The number of ether oxygens (including phenoxy) is 1. The number of rotatable bonds is 9. The SMILES string of the molecule is COCCN(CCC#N)S(=O)(=O)N(C)CCC#N. The second kappa shape index (κ2) is 8.84. The molecule has 0 aliphatic carbocycles. The average molecular weight is 274 g/mol. The molecular weight excluding hydrogens is 256 g/mol. The van der Waals surface area contributed by atoms with E-state index in [0.717, 1.165) is 4.31 Å². The minimum absolute atomic E-state index is 0.120. The largest absolute Gasteiger partial charge is 0.383 e. The molecule has 0 bridgehead atoms. The van der Waals surface area contributed by atoms with Crippen LogP contribution in [0.4, 0.5) is 0 Å². The molecule has 0 saturated heterocycles. The van der Waals surface area contributed by atoms with Gasteiger partial charge >= 0.3 is 0 Å². The number of methoxy groups -OCH3 is 1. The van der Waals surface area contributed by atoms with Crippen LogP contribution in [0.2, 0.25) is 0 Å². The van der Waals surface area contributed by atoms with Crippen LogP contribution in [-0.2, 0) is 14.9 Å². The van der Waals surface area contributed by atoms with Crippen LogP contribution in [0, 0.1) is 22.7 Å². The fourth-order valence-corrected chi connectivity index (χ4v) is 2.57. The molecule has 18 heavy (non-hydrogen) atoms. The van der Waals surface area contributed by atoms with Crippen LogP contribution >= 0.6 is 0 Å². The summed E-state index contributed by atoms with van der Waals surface area (Å²) in [5, 5.41) is 17.0. The molecule has 0 atom stereocenters. The minimum Gasteiger partial charge on any atom is -0.383 e. The Morgan fingerprint density at radius 1 is 1.11 bits per heavy atom. The van der Waals surface area contributed by atoms with E-state index >= 15 is 0 Å². The molecule has 0 unspecified atom stereocenters. The van der Waals surface area contributed by atoms with Crippen molar-refractivity contribution < 1.29 is 13.2 Å². The van der Waals surface area contributed by atoms with Crippen molar-refractivity contribution in [2.24, 2.45) is 0 Å². The Bertz CT molecular complexity index is 410. The molecule has 0 aliphatic heterocycles. The van der Waals surface area contributed by atoms with Crippen molar-refractivity contribution in [1.29, 1.82) is 10.5 Å².